The lowest BCUT2D eigenvalue weighted by molar-refractivity contribution is -0.166. The van der Waals surface area contributed by atoms with E-state index in [0.717, 1.165) is 89.9 Å². The monoisotopic (exact) mass is 1020 g/mol. The highest BCUT2D eigenvalue weighted by Gasteiger charge is 2.19. The van der Waals surface area contributed by atoms with Gasteiger partial charge < -0.3 is 14.2 Å². The third kappa shape index (κ3) is 59.3. The summed E-state index contributed by atoms with van der Waals surface area (Å²) in [6.07, 6.45) is 80.4. The third-order valence-electron chi connectivity index (χ3n) is 13.4. The third-order valence-corrected chi connectivity index (χ3v) is 13.4. The minimum absolute atomic E-state index is 0.107. The number of unbranched alkanes of at least 4 members (excludes halogenated alkanes) is 31. The molecule has 0 saturated carbocycles. The maximum Gasteiger partial charge on any atom is 0.306 e. The zero-order chi connectivity index (χ0) is 52.9. The van der Waals surface area contributed by atoms with Gasteiger partial charge in [-0.2, -0.15) is 0 Å². The van der Waals surface area contributed by atoms with Gasteiger partial charge in [-0.1, -0.05) is 292 Å². The molecular formula is C67H116O6. The number of esters is 3. The molecule has 1 atom stereocenters. The van der Waals surface area contributed by atoms with E-state index >= 15 is 0 Å². The molecule has 0 rings (SSSR count). The van der Waals surface area contributed by atoms with Crippen molar-refractivity contribution in [2.75, 3.05) is 13.2 Å². The molecule has 0 bridgehead atoms. The van der Waals surface area contributed by atoms with Crippen LogP contribution in [0.3, 0.4) is 0 Å². The first-order valence-electron chi connectivity index (χ1n) is 31.1. The highest BCUT2D eigenvalue weighted by Crippen LogP contribution is 2.17. The van der Waals surface area contributed by atoms with Crippen LogP contribution in [0.1, 0.15) is 303 Å². The van der Waals surface area contributed by atoms with Gasteiger partial charge >= 0.3 is 17.9 Å². The molecule has 0 radical (unpaired) electrons. The summed E-state index contributed by atoms with van der Waals surface area (Å²) in [4.78, 5) is 38.1. The molecule has 0 aromatic rings. The predicted molar refractivity (Wildman–Crippen MR) is 316 cm³/mol. The van der Waals surface area contributed by atoms with E-state index in [9.17, 15) is 14.4 Å². The summed E-state index contributed by atoms with van der Waals surface area (Å²) in [5.41, 5.74) is 0. The Morgan fingerprint density at radius 1 is 0.288 bits per heavy atom. The topological polar surface area (TPSA) is 78.9 Å². The molecule has 0 aliphatic carbocycles. The van der Waals surface area contributed by atoms with Crippen molar-refractivity contribution >= 4 is 17.9 Å². The predicted octanol–water partition coefficient (Wildman–Crippen LogP) is 21.1. The molecule has 0 saturated heterocycles. The quantitative estimate of drug-likeness (QED) is 0.0261. The van der Waals surface area contributed by atoms with Crippen molar-refractivity contribution in [2.45, 2.75) is 309 Å². The number of carbonyl (C=O) groups is 3. The second-order valence-corrected chi connectivity index (χ2v) is 20.6. The molecular weight excluding hydrogens is 901 g/mol. The van der Waals surface area contributed by atoms with Crippen LogP contribution in [0, 0.1) is 0 Å². The van der Waals surface area contributed by atoms with Gasteiger partial charge in [0.15, 0.2) is 6.10 Å². The lowest BCUT2D eigenvalue weighted by Gasteiger charge is -2.18. The number of ether oxygens (including phenoxy) is 3. The minimum Gasteiger partial charge on any atom is -0.462 e. The van der Waals surface area contributed by atoms with Gasteiger partial charge in [0, 0.05) is 19.3 Å². The summed E-state index contributed by atoms with van der Waals surface area (Å²) >= 11 is 0. The van der Waals surface area contributed by atoms with Crippen LogP contribution in [0.15, 0.2) is 85.1 Å². The van der Waals surface area contributed by atoms with Crippen LogP contribution < -0.4 is 0 Å². The lowest BCUT2D eigenvalue weighted by atomic mass is 10.0. The van der Waals surface area contributed by atoms with Crippen molar-refractivity contribution in [3.8, 4) is 0 Å². The van der Waals surface area contributed by atoms with Crippen molar-refractivity contribution < 1.29 is 28.6 Å². The number of carbonyl (C=O) groups excluding carboxylic acids is 3. The van der Waals surface area contributed by atoms with E-state index in [1.165, 1.54) is 167 Å². The number of hydrogen-bond donors (Lipinski definition) is 0. The Morgan fingerprint density at radius 3 is 0.932 bits per heavy atom. The summed E-state index contributed by atoms with van der Waals surface area (Å²) in [6, 6.07) is 0. The van der Waals surface area contributed by atoms with Gasteiger partial charge in [-0.3, -0.25) is 14.4 Å². The van der Waals surface area contributed by atoms with E-state index in [-0.39, 0.29) is 31.6 Å². The zero-order valence-corrected chi connectivity index (χ0v) is 48.1. The minimum atomic E-state index is -0.819. The standard InChI is InChI=1S/C67H116O6/c1-4-7-10-13-16-19-22-24-26-28-30-31-32-33-34-35-37-38-40-42-45-48-51-54-57-60-66(69)72-63-64(62-71-65(68)59-56-53-50-47-44-21-18-15-12-9-6-3)73-67(70)61-58-55-52-49-46-43-41-39-36-29-27-25-23-20-17-14-11-8-5-2/h8,11,15,17-18,20,25,27,36,39,43,46,52,55,64H,4-7,9-10,12-14,16,19,21-24,26,28-35,37-38,40-42,44-45,47-51,53-54,56-63H2,1-3H3/b11-8-,18-15-,20-17-,27-25-,39-36-,46-43-,55-52-. The van der Waals surface area contributed by atoms with E-state index in [4.69, 9.17) is 14.2 Å². The average Bonchev–Trinajstić information content (AvgIpc) is 3.39. The van der Waals surface area contributed by atoms with Gasteiger partial charge in [0.1, 0.15) is 13.2 Å². The SMILES string of the molecule is CC/C=C\C/C=C\C/C=C\C/C=C\C/C=C\C/C=C\CCC(=O)OC(COC(=O)CCCCCCC/C=C\CCCC)COC(=O)CCCCCCCCCCCCCCCCCCCCCCCCCCC. The van der Waals surface area contributed by atoms with E-state index in [0.29, 0.717) is 19.3 Å². The van der Waals surface area contributed by atoms with E-state index in [2.05, 4.69) is 99.8 Å². The van der Waals surface area contributed by atoms with Crippen molar-refractivity contribution in [1.29, 1.82) is 0 Å². The average molecular weight is 1020 g/mol. The van der Waals surface area contributed by atoms with Crippen molar-refractivity contribution in [3.63, 3.8) is 0 Å². The summed E-state index contributed by atoms with van der Waals surface area (Å²) in [7, 11) is 0. The van der Waals surface area contributed by atoms with Crippen molar-refractivity contribution in [3.05, 3.63) is 85.1 Å². The Morgan fingerprint density at radius 2 is 0.575 bits per heavy atom. The molecule has 0 aliphatic heterocycles. The van der Waals surface area contributed by atoms with Crippen LogP contribution in [-0.2, 0) is 28.6 Å². The van der Waals surface area contributed by atoms with E-state index in [1.54, 1.807) is 0 Å². The summed E-state index contributed by atoms with van der Waals surface area (Å²) in [5.74, 6) is -0.993. The molecule has 1 unspecified atom stereocenters. The van der Waals surface area contributed by atoms with Gasteiger partial charge in [-0.15, -0.1) is 0 Å². The molecule has 6 nitrogen and oxygen atoms in total. The Bertz CT molecular complexity index is 1400. The van der Waals surface area contributed by atoms with Crippen LogP contribution in [0.4, 0.5) is 0 Å². The fraction of sp³-hybridized carbons (Fsp3) is 0.746. The summed E-state index contributed by atoms with van der Waals surface area (Å²) in [5, 5.41) is 0. The Kier molecular flexibility index (Phi) is 58.3. The molecule has 0 heterocycles. The lowest BCUT2D eigenvalue weighted by Crippen LogP contribution is -2.30. The Hall–Kier alpha value is -3.41. The second kappa shape index (κ2) is 61.1. The highest BCUT2D eigenvalue weighted by atomic mass is 16.6. The van der Waals surface area contributed by atoms with Crippen molar-refractivity contribution in [2.24, 2.45) is 0 Å². The van der Waals surface area contributed by atoms with E-state index < -0.39 is 12.1 Å². The molecule has 0 aromatic carbocycles. The summed E-state index contributed by atoms with van der Waals surface area (Å²) < 4.78 is 16.8. The van der Waals surface area contributed by atoms with Gasteiger partial charge in [-0.25, -0.2) is 0 Å². The largest absolute Gasteiger partial charge is 0.462 e. The first kappa shape index (κ1) is 69.6. The molecule has 73 heavy (non-hydrogen) atoms. The smallest absolute Gasteiger partial charge is 0.306 e. The van der Waals surface area contributed by atoms with Gasteiger partial charge in [-0.05, 0) is 77.0 Å². The molecule has 0 aliphatic rings. The molecule has 0 fully saturated rings. The number of allylic oxidation sites excluding steroid dienone is 14. The van der Waals surface area contributed by atoms with Crippen LogP contribution in [0.25, 0.3) is 0 Å². The second-order valence-electron chi connectivity index (χ2n) is 20.6. The molecule has 0 N–H and O–H groups in total. The number of hydrogen-bond acceptors (Lipinski definition) is 6. The summed E-state index contributed by atoms with van der Waals surface area (Å²) in [6.45, 7) is 6.45. The van der Waals surface area contributed by atoms with Gasteiger partial charge in [0.2, 0.25) is 0 Å². The molecule has 0 aromatic heterocycles. The zero-order valence-electron chi connectivity index (χ0n) is 48.1. The van der Waals surface area contributed by atoms with Crippen LogP contribution in [-0.4, -0.2) is 37.2 Å². The fourth-order valence-corrected chi connectivity index (χ4v) is 8.75. The van der Waals surface area contributed by atoms with Crippen LogP contribution in [0.2, 0.25) is 0 Å². The first-order chi connectivity index (χ1) is 36.0. The molecule has 6 heteroatoms. The first-order valence-corrected chi connectivity index (χ1v) is 31.1. The van der Waals surface area contributed by atoms with Gasteiger partial charge in [0.05, 0.1) is 0 Å². The van der Waals surface area contributed by atoms with E-state index in [1.807, 2.05) is 6.08 Å². The maximum absolute atomic E-state index is 12.8. The Balaban J connectivity index is 4.32. The number of rotatable bonds is 56. The molecule has 0 amide bonds. The normalized spacial score (nSPS) is 12.6. The Labute approximate surface area is 452 Å². The molecule has 0 spiro atoms. The fourth-order valence-electron chi connectivity index (χ4n) is 8.75. The van der Waals surface area contributed by atoms with Gasteiger partial charge in [0.25, 0.3) is 0 Å². The highest BCUT2D eigenvalue weighted by molar-refractivity contribution is 5.71. The maximum atomic E-state index is 12.8. The van der Waals surface area contributed by atoms with Crippen LogP contribution >= 0.6 is 0 Å². The van der Waals surface area contributed by atoms with Crippen LogP contribution in [0.5, 0.6) is 0 Å². The van der Waals surface area contributed by atoms with Crippen molar-refractivity contribution in [1.82, 2.24) is 0 Å². The molecule has 420 valence electrons.